The largest absolute Gasteiger partial charge is 0.374 e. The first-order valence-corrected chi connectivity index (χ1v) is 4.27. The molecule has 0 saturated carbocycles. The molecule has 0 radical (unpaired) electrons. The molecule has 2 nitrogen and oxygen atoms in total. The van der Waals surface area contributed by atoms with E-state index in [-0.39, 0.29) is 0 Å². The van der Waals surface area contributed by atoms with E-state index in [0.29, 0.717) is 0 Å². The van der Waals surface area contributed by atoms with Crippen molar-refractivity contribution < 1.29 is 0 Å². The third-order valence-corrected chi connectivity index (χ3v) is 2.13. The van der Waals surface area contributed by atoms with Crippen molar-refractivity contribution in [3.8, 4) is 0 Å². The van der Waals surface area contributed by atoms with Crippen LogP contribution in [0.15, 0.2) is 28.9 Å². The van der Waals surface area contributed by atoms with Crippen LogP contribution in [0, 0.1) is 0 Å². The predicted molar refractivity (Wildman–Crippen MR) is 53.5 cm³/mol. The molecule has 1 saturated heterocycles. The summed E-state index contributed by atoms with van der Waals surface area (Å²) >= 11 is 0. The van der Waals surface area contributed by atoms with Gasteiger partial charge in [0.2, 0.25) is 0 Å². The number of likely N-dealkylation sites (N-methyl/N-ethyl adjacent to an activating group) is 1. The number of nitrogens with zero attached hydrogens (tertiary/aromatic N) is 2. The Morgan fingerprint density at radius 3 is 2.92 bits per heavy atom. The molecule has 0 aromatic heterocycles. The first kappa shape index (κ1) is 9.04. The Kier molecular flexibility index (Phi) is 3.09. The van der Waals surface area contributed by atoms with Crippen LogP contribution in [0.25, 0.3) is 0 Å². The molecule has 0 aliphatic carbocycles. The molecule has 1 heterocycles. The highest BCUT2D eigenvalue weighted by atomic mass is 15.1. The molecule has 1 aliphatic heterocycles. The Labute approximate surface area is 74.3 Å². The summed E-state index contributed by atoms with van der Waals surface area (Å²) in [6, 6.07) is 0. The number of piperidine rings is 1. The third-order valence-electron chi connectivity index (χ3n) is 2.13. The molecule has 0 amide bonds. The van der Waals surface area contributed by atoms with Crippen LogP contribution in [0.4, 0.5) is 0 Å². The van der Waals surface area contributed by atoms with Gasteiger partial charge in [0.1, 0.15) is 0 Å². The minimum absolute atomic E-state index is 1.12. The number of allylic oxidation sites excluding steroid dienone is 2. The Morgan fingerprint density at radius 1 is 1.58 bits per heavy atom. The zero-order valence-electron chi connectivity index (χ0n) is 7.88. The summed E-state index contributed by atoms with van der Waals surface area (Å²) in [5.41, 5.74) is 2.45. The van der Waals surface area contributed by atoms with Gasteiger partial charge in [-0.2, -0.15) is 0 Å². The lowest BCUT2D eigenvalue weighted by atomic mass is 10.0. The van der Waals surface area contributed by atoms with Gasteiger partial charge in [0, 0.05) is 32.6 Å². The summed E-state index contributed by atoms with van der Waals surface area (Å²) in [6.07, 6.45) is 6.19. The number of hydrogen-bond acceptors (Lipinski definition) is 2. The molecule has 12 heavy (non-hydrogen) atoms. The van der Waals surface area contributed by atoms with Gasteiger partial charge in [-0.05, 0) is 24.5 Å². The second-order valence-corrected chi connectivity index (χ2v) is 3.09. The van der Waals surface area contributed by atoms with Gasteiger partial charge in [-0.15, -0.1) is 0 Å². The van der Waals surface area contributed by atoms with Crippen LogP contribution in [0.2, 0.25) is 0 Å². The molecule has 1 fully saturated rings. The summed E-state index contributed by atoms with van der Waals surface area (Å²) in [6.45, 7) is 5.15. The summed E-state index contributed by atoms with van der Waals surface area (Å²) in [4.78, 5) is 6.16. The molecule has 0 atom stereocenters. The first-order chi connectivity index (χ1) is 5.75. The van der Waals surface area contributed by atoms with Crippen molar-refractivity contribution in [2.75, 3.05) is 20.6 Å². The van der Waals surface area contributed by atoms with Crippen LogP contribution in [-0.4, -0.2) is 31.8 Å². The average Bonchev–Trinajstić information content (AvgIpc) is 2.04. The van der Waals surface area contributed by atoms with E-state index >= 15 is 0 Å². The molecule has 0 N–H and O–H groups in total. The summed E-state index contributed by atoms with van der Waals surface area (Å²) in [7, 11) is 3.88. The SMILES string of the molecule is C=C1CCCN(C)/C1=C/C=NC. The monoisotopic (exact) mass is 164 g/mol. The van der Waals surface area contributed by atoms with E-state index < -0.39 is 0 Å². The maximum Gasteiger partial charge on any atom is 0.0405 e. The molecule has 1 rings (SSSR count). The van der Waals surface area contributed by atoms with Crippen LogP contribution in [0.3, 0.4) is 0 Å². The molecule has 0 aromatic carbocycles. The van der Waals surface area contributed by atoms with E-state index in [0.717, 1.165) is 13.0 Å². The minimum Gasteiger partial charge on any atom is -0.374 e. The number of aliphatic imine (C=N–C) groups is 1. The highest BCUT2D eigenvalue weighted by Gasteiger charge is 2.12. The maximum absolute atomic E-state index is 4.03. The lowest BCUT2D eigenvalue weighted by molar-refractivity contribution is 0.385. The van der Waals surface area contributed by atoms with Crippen molar-refractivity contribution in [2.24, 2.45) is 4.99 Å². The first-order valence-electron chi connectivity index (χ1n) is 4.27. The van der Waals surface area contributed by atoms with E-state index in [1.54, 1.807) is 7.05 Å². The van der Waals surface area contributed by atoms with Crippen molar-refractivity contribution in [1.29, 1.82) is 0 Å². The summed E-state index contributed by atoms with van der Waals surface area (Å²) in [5, 5.41) is 0. The molecule has 0 spiro atoms. The Hall–Kier alpha value is -1.05. The van der Waals surface area contributed by atoms with Gasteiger partial charge < -0.3 is 4.90 Å². The fraction of sp³-hybridized carbons (Fsp3) is 0.500. The van der Waals surface area contributed by atoms with Crippen molar-refractivity contribution in [1.82, 2.24) is 4.90 Å². The molecule has 0 unspecified atom stereocenters. The van der Waals surface area contributed by atoms with Crippen LogP contribution in [0.1, 0.15) is 12.8 Å². The molecular weight excluding hydrogens is 148 g/mol. The second-order valence-electron chi connectivity index (χ2n) is 3.09. The Balaban J connectivity index is 2.75. The van der Waals surface area contributed by atoms with Gasteiger partial charge in [0.05, 0.1) is 0 Å². The van der Waals surface area contributed by atoms with Crippen molar-refractivity contribution in [2.45, 2.75) is 12.8 Å². The van der Waals surface area contributed by atoms with Crippen LogP contribution < -0.4 is 0 Å². The van der Waals surface area contributed by atoms with Crippen LogP contribution >= 0.6 is 0 Å². The molecule has 66 valence electrons. The predicted octanol–water partition coefficient (Wildman–Crippen LogP) is 1.85. The van der Waals surface area contributed by atoms with Crippen LogP contribution in [0.5, 0.6) is 0 Å². The fourth-order valence-electron chi connectivity index (χ4n) is 1.44. The fourth-order valence-corrected chi connectivity index (χ4v) is 1.44. The summed E-state index contributed by atoms with van der Waals surface area (Å²) in [5.74, 6) is 0. The van der Waals surface area contributed by atoms with Gasteiger partial charge in [0.25, 0.3) is 0 Å². The maximum atomic E-state index is 4.03. The molecule has 0 aromatic rings. The molecule has 1 aliphatic rings. The quantitative estimate of drug-likeness (QED) is 0.540. The minimum atomic E-state index is 1.12. The van der Waals surface area contributed by atoms with E-state index in [2.05, 4.69) is 23.5 Å². The Bertz CT molecular complexity index is 226. The zero-order valence-corrected chi connectivity index (χ0v) is 7.88. The van der Waals surface area contributed by atoms with Gasteiger partial charge in [-0.1, -0.05) is 6.58 Å². The average molecular weight is 164 g/mol. The van der Waals surface area contributed by atoms with Crippen molar-refractivity contribution in [3.05, 3.63) is 23.9 Å². The van der Waals surface area contributed by atoms with Crippen LogP contribution in [-0.2, 0) is 0 Å². The van der Waals surface area contributed by atoms with Crippen molar-refractivity contribution in [3.63, 3.8) is 0 Å². The zero-order chi connectivity index (χ0) is 8.97. The molecular formula is C10H16N2. The van der Waals surface area contributed by atoms with Gasteiger partial charge in [-0.3, -0.25) is 4.99 Å². The second kappa shape index (κ2) is 4.10. The highest BCUT2D eigenvalue weighted by Crippen LogP contribution is 2.22. The van der Waals surface area contributed by atoms with E-state index in [4.69, 9.17) is 0 Å². The molecule has 2 heteroatoms. The van der Waals surface area contributed by atoms with E-state index in [1.165, 1.54) is 17.7 Å². The third kappa shape index (κ3) is 1.97. The van der Waals surface area contributed by atoms with Crippen molar-refractivity contribution >= 4 is 6.21 Å². The standard InChI is InChI=1S/C10H16N2/c1-9-5-4-8-12(3)10(9)6-7-11-2/h6-7H,1,4-5,8H2,2-3H3/b10-6+,11-7?. The topological polar surface area (TPSA) is 15.6 Å². The highest BCUT2D eigenvalue weighted by molar-refractivity contribution is 5.73. The summed E-state index contributed by atoms with van der Waals surface area (Å²) < 4.78 is 0. The normalized spacial score (nSPS) is 22.7. The number of hydrogen-bond donors (Lipinski definition) is 0. The lowest BCUT2D eigenvalue weighted by Crippen LogP contribution is -2.24. The Morgan fingerprint density at radius 2 is 2.33 bits per heavy atom. The van der Waals surface area contributed by atoms with Gasteiger partial charge in [0.15, 0.2) is 0 Å². The number of rotatable bonds is 1. The van der Waals surface area contributed by atoms with Gasteiger partial charge >= 0.3 is 0 Å². The lowest BCUT2D eigenvalue weighted by Gasteiger charge is -2.28. The van der Waals surface area contributed by atoms with Gasteiger partial charge in [-0.25, -0.2) is 0 Å². The smallest absolute Gasteiger partial charge is 0.0405 e. The number of likely N-dealkylation sites (tertiary alicyclic amines) is 1. The van der Waals surface area contributed by atoms with E-state index in [9.17, 15) is 0 Å². The molecule has 0 bridgehead atoms. The van der Waals surface area contributed by atoms with E-state index in [1.807, 2.05) is 12.3 Å².